The second-order valence-corrected chi connectivity index (χ2v) is 7.36. The first-order chi connectivity index (χ1) is 14.4. The molecule has 1 aromatic heterocycles. The Morgan fingerprint density at radius 2 is 1.70 bits per heavy atom. The molecule has 0 fully saturated rings. The fraction of sp³-hybridized carbons (Fsp3) is 0.0455. The number of hydrogen-bond donors (Lipinski definition) is 1. The molecule has 1 heterocycles. The molecule has 0 atom stereocenters. The normalized spacial score (nSPS) is 10.8. The Bertz CT molecular complexity index is 1160. The summed E-state index contributed by atoms with van der Waals surface area (Å²) in [6.07, 6.45) is 0. The summed E-state index contributed by atoms with van der Waals surface area (Å²) in [6, 6.07) is 18.0. The Morgan fingerprint density at radius 1 is 1.00 bits per heavy atom. The molecule has 30 heavy (non-hydrogen) atoms. The number of carbonyl (C=O) groups excluding carboxylic acids is 1. The standard InChI is InChI=1S/C22H15Cl2FN4O/c1-13-18(24)3-2-4-19(13)26-22(30)20-27-21(14-5-7-15(23)8-6-14)29(28-20)17-11-9-16(25)10-12-17/h2-12H,1H3,(H,26,30). The number of rotatable bonds is 4. The van der Waals surface area contributed by atoms with Crippen LogP contribution in [-0.2, 0) is 0 Å². The van der Waals surface area contributed by atoms with Crippen LogP contribution in [0.4, 0.5) is 10.1 Å². The van der Waals surface area contributed by atoms with Crippen LogP contribution in [0.15, 0.2) is 66.7 Å². The van der Waals surface area contributed by atoms with Gasteiger partial charge in [0.25, 0.3) is 5.91 Å². The largest absolute Gasteiger partial charge is 0.319 e. The second-order valence-electron chi connectivity index (χ2n) is 6.52. The van der Waals surface area contributed by atoms with E-state index in [-0.39, 0.29) is 11.6 Å². The lowest BCUT2D eigenvalue weighted by molar-refractivity contribution is 0.101. The number of carbonyl (C=O) groups is 1. The van der Waals surface area contributed by atoms with Crippen LogP contribution in [0.25, 0.3) is 17.1 Å². The van der Waals surface area contributed by atoms with E-state index in [1.807, 2.05) is 6.92 Å². The highest BCUT2D eigenvalue weighted by Gasteiger charge is 2.20. The third-order valence-electron chi connectivity index (χ3n) is 4.50. The summed E-state index contributed by atoms with van der Waals surface area (Å²) in [7, 11) is 0. The highest BCUT2D eigenvalue weighted by Crippen LogP contribution is 2.25. The Hall–Kier alpha value is -3.22. The monoisotopic (exact) mass is 440 g/mol. The van der Waals surface area contributed by atoms with E-state index in [4.69, 9.17) is 23.2 Å². The minimum Gasteiger partial charge on any atom is -0.319 e. The van der Waals surface area contributed by atoms with Crippen LogP contribution in [0.3, 0.4) is 0 Å². The first kappa shape index (κ1) is 20.1. The highest BCUT2D eigenvalue weighted by molar-refractivity contribution is 6.31. The van der Waals surface area contributed by atoms with Crippen LogP contribution in [0.2, 0.25) is 10.0 Å². The van der Waals surface area contributed by atoms with Gasteiger partial charge in [-0.05, 0) is 73.2 Å². The summed E-state index contributed by atoms with van der Waals surface area (Å²) in [5.74, 6) is -0.479. The molecule has 1 N–H and O–H groups in total. The Labute approximate surface area is 182 Å². The molecule has 0 spiro atoms. The molecule has 4 rings (SSSR count). The van der Waals surface area contributed by atoms with Crippen molar-refractivity contribution in [2.24, 2.45) is 0 Å². The fourth-order valence-corrected chi connectivity index (χ4v) is 3.18. The molecule has 4 aromatic rings. The molecule has 0 aliphatic rings. The van der Waals surface area contributed by atoms with Crippen LogP contribution in [0, 0.1) is 12.7 Å². The SMILES string of the molecule is Cc1c(Cl)cccc1NC(=O)c1nc(-c2ccc(Cl)cc2)n(-c2ccc(F)cc2)n1. The number of benzene rings is 3. The zero-order valence-electron chi connectivity index (χ0n) is 15.7. The predicted octanol–water partition coefficient (Wildman–Crippen LogP) is 5.94. The lowest BCUT2D eigenvalue weighted by Crippen LogP contribution is -2.15. The third kappa shape index (κ3) is 4.06. The van der Waals surface area contributed by atoms with Crippen LogP contribution >= 0.6 is 23.2 Å². The van der Waals surface area contributed by atoms with Crippen LogP contribution in [0.5, 0.6) is 0 Å². The van der Waals surface area contributed by atoms with Crippen molar-refractivity contribution in [2.45, 2.75) is 6.92 Å². The van der Waals surface area contributed by atoms with Crippen molar-refractivity contribution in [1.29, 1.82) is 0 Å². The molecule has 0 saturated heterocycles. The molecular formula is C22H15Cl2FN4O. The van der Waals surface area contributed by atoms with Crippen molar-refractivity contribution in [1.82, 2.24) is 14.8 Å². The quantitative estimate of drug-likeness (QED) is 0.426. The summed E-state index contributed by atoms with van der Waals surface area (Å²) in [6.45, 7) is 1.81. The van der Waals surface area contributed by atoms with E-state index in [0.717, 1.165) is 5.56 Å². The van der Waals surface area contributed by atoms with Crippen molar-refractivity contribution >= 4 is 34.8 Å². The van der Waals surface area contributed by atoms with Crippen molar-refractivity contribution in [3.05, 3.63) is 94.0 Å². The van der Waals surface area contributed by atoms with Gasteiger partial charge < -0.3 is 5.32 Å². The maximum absolute atomic E-state index is 13.4. The van der Waals surface area contributed by atoms with Crippen LogP contribution in [-0.4, -0.2) is 20.7 Å². The molecule has 5 nitrogen and oxygen atoms in total. The summed E-state index contributed by atoms with van der Waals surface area (Å²) in [4.78, 5) is 17.3. The van der Waals surface area contributed by atoms with E-state index in [1.165, 1.54) is 16.8 Å². The van der Waals surface area contributed by atoms with Crippen LogP contribution < -0.4 is 5.32 Å². The Balaban J connectivity index is 1.76. The number of hydrogen-bond acceptors (Lipinski definition) is 3. The van der Waals surface area contributed by atoms with E-state index in [2.05, 4.69) is 15.4 Å². The molecule has 150 valence electrons. The Morgan fingerprint density at radius 3 is 2.40 bits per heavy atom. The second kappa shape index (κ2) is 8.26. The van der Waals surface area contributed by atoms with Gasteiger partial charge in [-0.25, -0.2) is 14.1 Å². The van der Waals surface area contributed by atoms with Gasteiger partial charge in [-0.2, -0.15) is 0 Å². The first-order valence-electron chi connectivity index (χ1n) is 8.98. The summed E-state index contributed by atoms with van der Waals surface area (Å²) >= 11 is 12.1. The summed E-state index contributed by atoms with van der Waals surface area (Å²) < 4.78 is 14.9. The molecular weight excluding hydrogens is 426 g/mol. The third-order valence-corrected chi connectivity index (χ3v) is 5.16. The zero-order chi connectivity index (χ0) is 21.3. The molecule has 0 bridgehead atoms. The van der Waals surface area contributed by atoms with Crippen molar-refractivity contribution < 1.29 is 9.18 Å². The van der Waals surface area contributed by atoms with E-state index in [9.17, 15) is 9.18 Å². The summed E-state index contributed by atoms with van der Waals surface area (Å²) in [5, 5.41) is 8.26. The lowest BCUT2D eigenvalue weighted by atomic mass is 10.2. The van der Waals surface area contributed by atoms with Crippen molar-refractivity contribution in [3.63, 3.8) is 0 Å². The van der Waals surface area contributed by atoms with Gasteiger partial charge in [-0.1, -0.05) is 29.3 Å². The number of anilines is 1. The molecule has 0 aliphatic heterocycles. The van der Waals surface area contributed by atoms with Gasteiger partial charge in [-0.3, -0.25) is 4.79 Å². The maximum atomic E-state index is 13.4. The molecule has 3 aromatic carbocycles. The number of amides is 1. The van der Waals surface area contributed by atoms with Crippen molar-refractivity contribution in [2.75, 3.05) is 5.32 Å². The van der Waals surface area contributed by atoms with E-state index < -0.39 is 5.91 Å². The lowest BCUT2D eigenvalue weighted by Gasteiger charge is -2.07. The fourth-order valence-electron chi connectivity index (χ4n) is 2.88. The number of nitrogens with zero attached hydrogens (tertiary/aromatic N) is 3. The predicted molar refractivity (Wildman–Crippen MR) is 116 cm³/mol. The maximum Gasteiger partial charge on any atom is 0.295 e. The van der Waals surface area contributed by atoms with E-state index in [0.29, 0.717) is 32.8 Å². The molecule has 0 saturated carbocycles. The van der Waals surface area contributed by atoms with E-state index in [1.54, 1.807) is 54.6 Å². The minimum atomic E-state index is -0.489. The van der Waals surface area contributed by atoms with Gasteiger partial charge in [0.15, 0.2) is 5.82 Å². The minimum absolute atomic E-state index is 0.0383. The van der Waals surface area contributed by atoms with E-state index >= 15 is 0 Å². The molecule has 0 unspecified atom stereocenters. The van der Waals surface area contributed by atoms with Gasteiger partial charge in [0.2, 0.25) is 5.82 Å². The number of halogens is 3. The van der Waals surface area contributed by atoms with Gasteiger partial charge >= 0.3 is 0 Å². The number of aromatic nitrogens is 3. The zero-order valence-corrected chi connectivity index (χ0v) is 17.2. The van der Waals surface area contributed by atoms with Gasteiger partial charge in [0.1, 0.15) is 5.82 Å². The average molecular weight is 441 g/mol. The molecule has 1 amide bonds. The first-order valence-corrected chi connectivity index (χ1v) is 9.73. The smallest absolute Gasteiger partial charge is 0.295 e. The summed E-state index contributed by atoms with van der Waals surface area (Å²) in [5.41, 5.74) is 2.57. The van der Waals surface area contributed by atoms with Crippen molar-refractivity contribution in [3.8, 4) is 17.1 Å². The highest BCUT2D eigenvalue weighted by atomic mass is 35.5. The number of nitrogens with one attached hydrogen (secondary N) is 1. The van der Waals surface area contributed by atoms with Gasteiger partial charge in [0, 0.05) is 21.3 Å². The van der Waals surface area contributed by atoms with Gasteiger partial charge in [-0.15, -0.1) is 5.10 Å². The topological polar surface area (TPSA) is 59.8 Å². The molecule has 8 heteroatoms. The van der Waals surface area contributed by atoms with Crippen LogP contribution in [0.1, 0.15) is 16.2 Å². The Kier molecular flexibility index (Phi) is 5.53. The molecule has 0 aliphatic carbocycles. The molecule has 0 radical (unpaired) electrons. The van der Waals surface area contributed by atoms with Gasteiger partial charge in [0.05, 0.1) is 5.69 Å². The average Bonchev–Trinajstić information content (AvgIpc) is 3.18.